The lowest BCUT2D eigenvalue weighted by Gasteiger charge is -2.32. The highest BCUT2D eigenvalue weighted by molar-refractivity contribution is 5.85. The van der Waals surface area contributed by atoms with Gasteiger partial charge in [-0.3, -0.25) is 9.59 Å². The molecule has 3 N–H and O–H groups in total. The van der Waals surface area contributed by atoms with Crippen molar-refractivity contribution in [2.45, 2.75) is 64.8 Å². The van der Waals surface area contributed by atoms with Crippen LogP contribution in [0.2, 0.25) is 0 Å². The molecule has 0 aliphatic carbocycles. The summed E-state index contributed by atoms with van der Waals surface area (Å²) in [5, 5.41) is 3.02. The smallest absolute Gasteiger partial charge is 0.240 e. The Labute approximate surface area is 128 Å². The van der Waals surface area contributed by atoms with Gasteiger partial charge in [-0.05, 0) is 32.1 Å². The lowest BCUT2D eigenvalue weighted by Crippen LogP contribution is -2.55. The first-order valence-electron chi connectivity index (χ1n) is 8.15. The van der Waals surface area contributed by atoms with Crippen LogP contribution in [0.25, 0.3) is 0 Å². The molecule has 1 unspecified atom stereocenters. The van der Waals surface area contributed by atoms with Gasteiger partial charge in [-0.25, -0.2) is 0 Å². The molecule has 122 valence electrons. The van der Waals surface area contributed by atoms with Crippen LogP contribution in [0.15, 0.2) is 0 Å². The molecule has 0 radical (unpaired) electrons. The van der Waals surface area contributed by atoms with Gasteiger partial charge in [0.15, 0.2) is 0 Å². The zero-order valence-corrected chi connectivity index (χ0v) is 13.8. The second-order valence-corrected chi connectivity index (χ2v) is 6.89. The largest absolute Gasteiger partial charge is 0.348 e. The van der Waals surface area contributed by atoms with E-state index in [1.54, 1.807) is 4.90 Å². The Kier molecular flexibility index (Phi) is 7.15. The highest BCUT2D eigenvalue weighted by atomic mass is 16.2. The van der Waals surface area contributed by atoms with Gasteiger partial charge in [0, 0.05) is 25.0 Å². The SMILES string of the molecule is CC(C)CC(C)(CN)NC(=O)CN1CCCCCCC1=O. The van der Waals surface area contributed by atoms with Gasteiger partial charge in [0.1, 0.15) is 0 Å². The first kappa shape index (κ1) is 18.0. The number of carbonyl (C=O) groups is 2. The van der Waals surface area contributed by atoms with Crippen molar-refractivity contribution in [3.63, 3.8) is 0 Å². The van der Waals surface area contributed by atoms with E-state index < -0.39 is 5.54 Å². The average molecular weight is 297 g/mol. The Hall–Kier alpha value is -1.10. The molecule has 0 bridgehead atoms. The Bertz CT molecular complexity index is 357. The van der Waals surface area contributed by atoms with Gasteiger partial charge >= 0.3 is 0 Å². The van der Waals surface area contributed by atoms with Gasteiger partial charge in [0.2, 0.25) is 11.8 Å². The predicted octanol–water partition coefficient (Wildman–Crippen LogP) is 1.66. The second kappa shape index (κ2) is 8.37. The molecule has 1 fully saturated rings. The number of nitrogens with two attached hydrogens (primary N) is 1. The molecule has 5 heteroatoms. The number of hydrogen-bond donors (Lipinski definition) is 2. The lowest BCUT2D eigenvalue weighted by molar-refractivity contribution is -0.137. The maximum absolute atomic E-state index is 12.3. The molecule has 0 aromatic heterocycles. The number of rotatable bonds is 6. The summed E-state index contributed by atoms with van der Waals surface area (Å²) in [5.74, 6) is 0.461. The van der Waals surface area contributed by atoms with E-state index in [-0.39, 0.29) is 18.4 Å². The van der Waals surface area contributed by atoms with Gasteiger partial charge < -0.3 is 16.0 Å². The fourth-order valence-corrected chi connectivity index (χ4v) is 3.02. The van der Waals surface area contributed by atoms with Gasteiger partial charge in [0.05, 0.1) is 6.54 Å². The molecular formula is C16H31N3O2. The highest BCUT2D eigenvalue weighted by Crippen LogP contribution is 2.16. The number of amides is 2. The topological polar surface area (TPSA) is 75.4 Å². The molecule has 1 aliphatic rings. The van der Waals surface area contributed by atoms with Crippen molar-refractivity contribution < 1.29 is 9.59 Å². The third-order valence-electron chi connectivity index (χ3n) is 4.01. The normalized spacial score (nSPS) is 19.9. The van der Waals surface area contributed by atoms with Crippen molar-refractivity contribution in [2.75, 3.05) is 19.6 Å². The van der Waals surface area contributed by atoms with Crippen molar-refractivity contribution in [3.05, 3.63) is 0 Å². The van der Waals surface area contributed by atoms with E-state index in [2.05, 4.69) is 19.2 Å². The Morgan fingerprint density at radius 1 is 1.33 bits per heavy atom. The van der Waals surface area contributed by atoms with Crippen molar-refractivity contribution in [3.8, 4) is 0 Å². The van der Waals surface area contributed by atoms with Crippen LogP contribution < -0.4 is 11.1 Å². The zero-order chi connectivity index (χ0) is 15.9. The minimum absolute atomic E-state index is 0.0995. The zero-order valence-electron chi connectivity index (χ0n) is 13.8. The summed E-state index contributed by atoms with van der Waals surface area (Å²) in [6, 6.07) is 0. The fourth-order valence-electron chi connectivity index (χ4n) is 3.02. The molecule has 0 aromatic rings. The van der Waals surface area contributed by atoms with Crippen molar-refractivity contribution in [2.24, 2.45) is 11.7 Å². The Morgan fingerprint density at radius 3 is 2.62 bits per heavy atom. The number of carbonyl (C=O) groups excluding carboxylic acids is 2. The molecule has 21 heavy (non-hydrogen) atoms. The summed E-state index contributed by atoms with van der Waals surface area (Å²) in [6.45, 7) is 7.46. The quantitative estimate of drug-likeness (QED) is 0.783. The van der Waals surface area contributed by atoms with E-state index >= 15 is 0 Å². The van der Waals surface area contributed by atoms with E-state index in [4.69, 9.17) is 5.73 Å². The molecule has 1 saturated heterocycles. The summed E-state index contributed by atoms with van der Waals surface area (Å²) < 4.78 is 0. The van der Waals surface area contributed by atoms with E-state index in [0.717, 1.165) is 32.1 Å². The standard InChI is InChI=1S/C16H31N3O2/c1-13(2)10-16(3,12-17)18-14(20)11-19-9-7-5-4-6-8-15(19)21/h13H,4-12,17H2,1-3H3,(H,18,20). The van der Waals surface area contributed by atoms with E-state index in [1.807, 2.05) is 6.92 Å². The highest BCUT2D eigenvalue weighted by Gasteiger charge is 2.27. The Morgan fingerprint density at radius 2 is 2.00 bits per heavy atom. The van der Waals surface area contributed by atoms with Crippen molar-refractivity contribution in [1.29, 1.82) is 0 Å². The fraction of sp³-hybridized carbons (Fsp3) is 0.875. The van der Waals surface area contributed by atoms with Crippen LogP contribution in [-0.2, 0) is 9.59 Å². The van der Waals surface area contributed by atoms with Crippen molar-refractivity contribution in [1.82, 2.24) is 10.2 Å². The number of hydrogen-bond acceptors (Lipinski definition) is 3. The van der Waals surface area contributed by atoms with Gasteiger partial charge in [0.25, 0.3) is 0 Å². The summed E-state index contributed by atoms with van der Waals surface area (Å²) in [5.41, 5.74) is 5.42. The van der Waals surface area contributed by atoms with Crippen LogP contribution >= 0.6 is 0 Å². The van der Waals surface area contributed by atoms with Gasteiger partial charge in [-0.1, -0.05) is 26.7 Å². The van der Waals surface area contributed by atoms with Crippen LogP contribution in [0.5, 0.6) is 0 Å². The van der Waals surface area contributed by atoms with Crippen LogP contribution in [0.3, 0.4) is 0 Å². The molecule has 0 aromatic carbocycles. The monoisotopic (exact) mass is 297 g/mol. The molecule has 1 aliphatic heterocycles. The number of likely N-dealkylation sites (tertiary alicyclic amines) is 1. The number of nitrogens with zero attached hydrogens (tertiary/aromatic N) is 1. The number of nitrogens with one attached hydrogen (secondary N) is 1. The van der Waals surface area contributed by atoms with Gasteiger partial charge in [-0.2, -0.15) is 0 Å². The van der Waals surface area contributed by atoms with Crippen molar-refractivity contribution >= 4 is 11.8 Å². The lowest BCUT2D eigenvalue weighted by atomic mass is 9.90. The van der Waals surface area contributed by atoms with E-state index in [0.29, 0.717) is 25.4 Å². The van der Waals surface area contributed by atoms with E-state index in [1.165, 1.54) is 0 Å². The minimum Gasteiger partial charge on any atom is -0.348 e. The molecule has 0 spiro atoms. The molecule has 2 amide bonds. The van der Waals surface area contributed by atoms with Crippen LogP contribution in [0, 0.1) is 5.92 Å². The van der Waals surface area contributed by atoms with Crippen LogP contribution in [0.4, 0.5) is 0 Å². The maximum atomic E-state index is 12.3. The van der Waals surface area contributed by atoms with Crippen LogP contribution in [-0.4, -0.2) is 41.9 Å². The first-order valence-corrected chi connectivity index (χ1v) is 8.15. The minimum atomic E-state index is -0.392. The molecule has 5 nitrogen and oxygen atoms in total. The summed E-state index contributed by atoms with van der Waals surface area (Å²) in [6.07, 6.45) is 5.57. The predicted molar refractivity (Wildman–Crippen MR) is 84.7 cm³/mol. The summed E-state index contributed by atoms with van der Waals surface area (Å²) in [4.78, 5) is 26.0. The average Bonchev–Trinajstić information content (AvgIpc) is 2.37. The second-order valence-electron chi connectivity index (χ2n) is 6.89. The summed E-state index contributed by atoms with van der Waals surface area (Å²) >= 11 is 0. The molecule has 1 atom stereocenters. The first-order chi connectivity index (χ1) is 9.86. The van der Waals surface area contributed by atoms with Gasteiger partial charge in [-0.15, -0.1) is 0 Å². The third kappa shape index (κ3) is 6.46. The Balaban J connectivity index is 2.55. The third-order valence-corrected chi connectivity index (χ3v) is 4.01. The van der Waals surface area contributed by atoms with E-state index in [9.17, 15) is 9.59 Å². The maximum Gasteiger partial charge on any atom is 0.240 e. The molecular weight excluding hydrogens is 266 g/mol. The molecule has 1 rings (SSSR count). The molecule has 0 saturated carbocycles. The molecule has 1 heterocycles. The summed E-state index contributed by atoms with van der Waals surface area (Å²) in [7, 11) is 0. The van der Waals surface area contributed by atoms with Crippen LogP contribution in [0.1, 0.15) is 59.3 Å².